The Morgan fingerprint density at radius 3 is 2.88 bits per heavy atom. The minimum absolute atomic E-state index is 0. The molecule has 2 aromatic rings. The molecule has 1 N–H and O–H groups in total. The molecule has 1 aromatic heterocycles. The van der Waals surface area contributed by atoms with Gasteiger partial charge < -0.3 is 14.6 Å². The van der Waals surface area contributed by atoms with Crippen LogP contribution in [0.3, 0.4) is 0 Å². The first-order valence-corrected chi connectivity index (χ1v) is 5.62. The third-order valence-corrected chi connectivity index (χ3v) is 2.94. The Kier molecular flexibility index (Phi) is 3.33. The van der Waals surface area contributed by atoms with Crippen molar-refractivity contribution in [3.63, 3.8) is 0 Å². The van der Waals surface area contributed by atoms with Crippen molar-refractivity contribution in [3.05, 3.63) is 23.8 Å². The minimum atomic E-state index is 0. The summed E-state index contributed by atoms with van der Waals surface area (Å²) in [6.07, 6.45) is 0. The van der Waals surface area contributed by atoms with E-state index >= 15 is 0 Å². The lowest BCUT2D eigenvalue weighted by atomic mass is 10.2. The number of rotatable bonds is 1. The molecule has 0 spiro atoms. The van der Waals surface area contributed by atoms with Crippen molar-refractivity contribution in [3.8, 4) is 0 Å². The lowest BCUT2D eigenvalue weighted by Gasteiger charge is -2.26. The Morgan fingerprint density at radius 1 is 1.35 bits per heavy atom. The van der Waals surface area contributed by atoms with Crippen molar-refractivity contribution < 1.29 is 6.16 Å². The van der Waals surface area contributed by atoms with E-state index in [9.17, 15) is 0 Å². The van der Waals surface area contributed by atoms with Gasteiger partial charge in [0.15, 0.2) is 0 Å². The molecule has 3 rings (SSSR count). The first-order valence-electron chi connectivity index (χ1n) is 5.62. The number of morpholine rings is 1. The minimum Gasteiger partial charge on any atom is -0.378 e. The summed E-state index contributed by atoms with van der Waals surface area (Å²) in [4.78, 5) is 10.2. The van der Waals surface area contributed by atoms with Gasteiger partial charge in [0.1, 0.15) is 0 Å². The van der Waals surface area contributed by atoms with E-state index in [0.717, 1.165) is 43.3 Å². The van der Waals surface area contributed by atoms with E-state index in [2.05, 4.69) is 40.0 Å². The zero-order valence-electron chi connectivity index (χ0n) is 9.36. The number of hydrogen-bond acceptors (Lipinski definition) is 3. The summed E-state index contributed by atoms with van der Waals surface area (Å²) in [5.41, 5.74) is 3.40. The number of imidazole rings is 1. The average Bonchev–Trinajstić information content (AvgIpc) is 2.73. The molecule has 0 atom stereocenters. The van der Waals surface area contributed by atoms with E-state index in [-0.39, 0.29) is 8.85 Å². The number of aromatic nitrogens is 2. The second kappa shape index (κ2) is 4.75. The SMILES string of the molecule is C.Cc1ccc2nc(N3CCOCC3)[nH]c2c1.[HH]. The number of aromatic amines is 1. The zero-order valence-corrected chi connectivity index (χ0v) is 9.36. The fourth-order valence-corrected chi connectivity index (χ4v) is 2.03. The molecular weight excluding hydrogens is 214 g/mol. The lowest BCUT2D eigenvalue weighted by Crippen LogP contribution is -2.36. The number of benzene rings is 1. The first kappa shape index (κ1) is 11.9. The van der Waals surface area contributed by atoms with Gasteiger partial charge in [0.05, 0.1) is 24.2 Å². The molecule has 0 unspecified atom stereocenters. The summed E-state index contributed by atoms with van der Waals surface area (Å²) < 4.78 is 5.33. The summed E-state index contributed by atoms with van der Waals surface area (Å²) in [5.74, 6) is 0.962. The molecule has 2 heterocycles. The highest BCUT2D eigenvalue weighted by Gasteiger charge is 2.14. The maximum atomic E-state index is 5.33. The lowest BCUT2D eigenvalue weighted by molar-refractivity contribution is 0.122. The number of nitrogens with one attached hydrogen (secondary N) is 1. The van der Waals surface area contributed by atoms with Gasteiger partial charge in [-0.3, -0.25) is 0 Å². The third-order valence-electron chi connectivity index (χ3n) is 2.94. The summed E-state index contributed by atoms with van der Waals surface area (Å²) in [7, 11) is 0. The van der Waals surface area contributed by atoms with Crippen molar-refractivity contribution in [2.24, 2.45) is 0 Å². The van der Waals surface area contributed by atoms with Gasteiger partial charge in [-0.1, -0.05) is 13.5 Å². The largest absolute Gasteiger partial charge is 0.378 e. The van der Waals surface area contributed by atoms with E-state index in [4.69, 9.17) is 4.74 Å². The van der Waals surface area contributed by atoms with E-state index in [1.54, 1.807) is 0 Å². The van der Waals surface area contributed by atoms with Gasteiger partial charge in [-0.05, 0) is 24.6 Å². The van der Waals surface area contributed by atoms with Crippen molar-refractivity contribution in [1.82, 2.24) is 9.97 Å². The van der Waals surface area contributed by atoms with Crippen molar-refractivity contribution in [2.45, 2.75) is 14.4 Å². The molecule has 17 heavy (non-hydrogen) atoms. The molecular formula is C13H21N3O. The van der Waals surface area contributed by atoms with Crippen LogP contribution in [0, 0.1) is 6.92 Å². The van der Waals surface area contributed by atoms with Gasteiger partial charge in [-0.25, -0.2) is 4.98 Å². The van der Waals surface area contributed by atoms with Crippen molar-refractivity contribution >= 4 is 17.0 Å². The van der Waals surface area contributed by atoms with Gasteiger partial charge in [0, 0.05) is 14.5 Å². The van der Waals surface area contributed by atoms with Crippen LogP contribution in [0.5, 0.6) is 0 Å². The maximum absolute atomic E-state index is 5.33. The molecule has 1 aromatic carbocycles. The highest BCUT2D eigenvalue weighted by Crippen LogP contribution is 2.19. The van der Waals surface area contributed by atoms with Crippen LogP contribution < -0.4 is 4.90 Å². The van der Waals surface area contributed by atoms with E-state index in [0.29, 0.717) is 0 Å². The Balaban J connectivity index is 0.000000810. The Labute approximate surface area is 103 Å². The number of fused-ring (bicyclic) bond motifs is 1. The topological polar surface area (TPSA) is 41.2 Å². The Hall–Kier alpha value is -1.55. The van der Waals surface area contributed by atoms with Gasteiger partial charge >= 0.3 is 0 Å². The highest BCUT2D eigenvalue weighted by atomic mass is 16.5. The van der Waals surface area contributed by atoms with Crippen LogP contribution in [0.25, 0.3) is 11.0 Å². The van der Waals surface area contributed by atoms with Crippen LogP contribution in [0.15, 0.2) is 18.2 Å². The average molecular weight is 235 g/mol. The van der Waals surface area contributed by atoms with Gasteiger partial charge in [-0.2, -0.15) is 0 Å². The number of hydrogen-bond donors (Lipinski definition) is 1. The van der Waals surface area contributed by atoms with Crippen LogP contribution in [-0.2, 0) is 4.74 Å². The number of ether oxygens (including phenoxy) is 1. The fraction of sp³-hybridized carbons (Fsp3) is 0.462. The molecule has 4 heteroatoms. The highest BCUT2D eigenvalue weighted by molar-refractivity contribution is 5.78. The van der Waals surface area contributed by atoms with E-state index in [1.807, 2.05) is 0 Å². The van der Waals surface area contributed by atoms with Gasteiger partial charge in [0.25, 0.3) is 0 Å². The molecule has 4 nitrogen and oxygen atoms in total. The molecule has 0 amide bonds. The van der Waals surface area contributed by atoms with Crippen molar-refractivity contribution in [1.29, 1.82) is 0 Å². The molecule has 0 bridgehead atoms. The van der Waals surface area contributed by atoms with Crippen molar-refractivity contribution in [2.75, 3.05) is 31.2 Å². The predicted molar refractivity (Wildman–Crippen MR) is 72.7 cm³/mol. The molecule has 0 aliphatic carbocycles. The van der Waals surface area contributed by atoms with Gasteiger partial charge in [0.2, 0.25) is 5.95 Å². The second-order valence-electron chi connectivity index (χ2n) is 4.18. The maximum Gasteiger partial charge on any atom is 0.203 e. The normalized spacial score (nSPS) is 15.9. The van der Waals surface area contributed by atoms with Crippen LogP contribution in [0.1, 0.15) is 14.4 Å². The first-order chi connectivity index (χ1) is 7.83. The summed E-state index contributed by atoms with van der Waals surface area (Å²) in [6.45, 7) is 5.50. The van der Waals surface area contributed by atoms with Crippen LogP contribution in [-0.4, -0.2) is 36.3 Å². The zero-order chi connectivity index (χ0) is 11.0. The van der Waals surface area contributed by atoms with Crippen LogP contribution >= 0.6 is 0 Å². The number of H-pyrrole nitrogens is 1. The predicted octanol–water partition coefficient (Wildman–Crippen LogP) is 2.59. The standard InChI is InChI=1S/C12H15N3O.CH4.H2/c1-9-2-3-10-11(8-9)14-12(13-10)15-4-6-16-7-5-15;;/h2-3,8H,4-7H2,1H3,(H,13,14);1H4;1H. The fourth-order valence-electron chi connectivity index (χ4n) is 2.03. The van der Waals surface area contributed by atoms with Gasteiger partial charge in [-0.15, -0.1) is 0 Å². The molecule has 1 fully saturated rings. The molecule has 1 aliphatic rings. The molecule has 0 radical (unpaired) electrons. The monoisotopic (exact) mass is 235 g/mol. The summed E-state index contributed by atoms with van der Waals surface area (Å²) in [6, 6.07) is 6.28. The summed E-state index contributed by atoms with van der Waals surface area (Å²) in [5, 5.41) is 0. The van der Waals surface area contributed by atoms with Crippen LogP contribution in [0.2, 0.25) is 0 Å². The number of anilines is 1. The third kappa shape index (κ3) is 2.26. The quantitative estimate of drug-likeness (QED) is 0.826. The molecule has 1 saturated heterocycles. The van der Waals surface area contributed by atoms with E-state index < -0.39 is 0 Å². The number of aryl methyl sites for hydroxylation is 1. The molecule has 0 saturated carbocycles. The Morgan fingerprint density at radius 2 is 2.12 bits per heavy atom. The van der Waals surface area contributed by atoms with Crippen LogP contribution in [0.4, 0.5) is 5.95 Å². The summed E-state index contributed by atoms with van der Waals surface area (Å²) >= 11 is 0. The smallest absolute Gasteiger partial charge is 0.203 e. The molecule has 94 valence electrons. The second-order valence-corrected chi connectivity index (χ2v) is 4.18. The molecule has 1 aliphatic heterocycles. The number of nitrogens with zero attached hydrogens (tertiary/aromatic N) is 2. The van der Waals surface area contributed by atoms with E-state index in [1.165, 1.54) is 5.56 Å². The Bertz CT molecular complexity index is 506.